The van der Waals surface area contributed by atoms with Crippen LogP contribution in [0.2, 0.25) is 0 Å². The molecule has 0 amide bonds. The molecule has 1 aromatic heterocycles. The van der Waals surface area contributed by atoms with Gasteiger partial charge in [-0.15, -0.1) is 0 Å². The average Bonchev–Trinajstić information content (AvgIpc) is 2.97. The van der Waals surface area contributed by atoms with Gasteiger partial charge in [0.15, 0.2) is 0 Å². The van der Waals surface area contributed by atoms with Gasteiger partial charge in [-0.2, -0.15) is 5.10 Å². The second-order valence-electron chi connectivity index (χ2n) is 8.24. The normalized spacial score (nSPS) is 11.6. The predicted molar refractivity (Wildman–Crippen MR) is 119 cm³/mol. The number of aromatic carboxylic acids is 1. The molecule has 0 spiro atoms. The Labute approximate surface area is 181 Å². The highest BCUT2D eigenvalue weighted by Gasteiger charge is 2.23. The van der Waals surface area contributed by atoms with Crippen molar-refractivity contribution in [2.75, 3.05) is 0 Å². The quantitative estimate of drug-likeness (QED) is 0.425. The summed E-state index contributed by atoms with van der Waals surface area (Å²) in [5.74, 6) is 0.235. The number of nitrogens with zero attached hydrogens (tertiary/aromatic N) is 3. The molecule has 1 heterocycles. The van der Waals surface area contributed by atoms with Gasteiger partial charge >= 0.3 is 5.97 Å². The zero-order valence-electron chi connectivity index (χ0n) is 18.4. The molecule has 7 nitrogen and oxygen atoms in total. The Bertz CT molecular complexity index is 1100. The second-order valence-corrected chi connectivity index (χ2v) is 8.24. The number of aromatic nitrogens is 2. The van der Waals surface area contributed by atoms with Gasteiger partial charge in [-0.3, -0.25) is 0 Å². The molecule has 1 N–H and O–H groups in total. The summed E-state index contributed by atoms with van der Waals surface area (Å²) in [6, 6.07) is 14.7. The van der Waals surface area contributed by atoms with Gasteiger partial charge in [0.25, 0.3) is 0 Å². The number of carbonyl (C=O) groups is 1. The van der Waals surface area contributed by atoms with Crippen LogP contribution >= 0.6 is 0 Å². The highest BCUT2D eigenvalue weighted by atomic mass is 16.6. The van der Waals surface area contributed by atoms with E-state index in [9.17, 15) is 9.90 Å². The van der Waals surface area contributed by atoms with Crippen LogP contribution in [0.5, 0.6) is 11.6 Å². The number of hydrogen-bond acceptors (Lipinski definition) is 5. The van der Waals surface area contributed by atoms with E-state index < -0.39 is 5.97 Å². The van der Waals surface area contributed by atoms with E-state index in [-0.39, 0.29) is 17.6 Å². The minimum atomic E-state index is -0.990. The molecule has 0 aliphatic carbocycles. The first-order valence-electron chi connectivity index (χ1n) is 9.96. The molecular weight excluding hydrogens is 394 g/mol. The maximum absolute atomic E-state index is 11.7. The van der Waals surface area contributed by atoms with E-state index in [0.29, 0.717) is 22.8 Å². The van der Waals surface area contributed by atoms with E-state index in [2.05, 4.69) is 10.3 Å². The van der Waals surface area contributed by atoms with E-state index in [1.807, 2.05) is 64.1 Å². The molecule has 2 aromatic carbocycles. The molecule has 0 bridgehead atoms. The van der Waals surface area contributed by atoms with E-state index in [1.165, 1.54) is 0 Å². The summed E-state index contributed by atoms with van der Waals surface area (Å²) in [5.41, 5.74) is 2.94. The third kappa shape index (κ3) is 5.12. The third-order valence-corrected chi connectivity index (χ3v) is 4.85. The van der Waals surface area contributed by atoms with Crippen molar-refractivity contribution in [3.63, 3.8) is 0 Å². The topological polar surface area (TPSA) is 85.9 Å². The van der Waals surface area contributed by atoms with Crippen LogP contribution in [0.15, 0.2) is 53.7 Å². The summed E-state index contributed by atoms with van der Waals surface area (Å²) in [5, 5.41) is 18.1. The van der Waals surface area contributed by atoms with Crippen molar-refractivity contribution in [1.29, 1.82) is 0 Å². The van der Waals surface area contributed by atoms with Gasteiger partial charge in [-0.1, -0.05) is 56.3 Å². The summed E-state index contributed by atoms with van der Waals surface area (Å²) >= 11 is 0. The summed E-state index contributed by atoms with van der Waals surface area (Å²) < 4.78 is 7.61. The first kappa shape index (κ1) is 22.1. The van der Waals surface area contributed by atoms with E-state index >= 15 is 0 Å². The maximum atomic E-state index is 11.7. The Morgan fingerprint density at radius 2 is 1.87 bits per heavy atom. The molecule has 31 heavy (non-hydrogen) atoms. The molecule has 0 saturated carbocycles. The fourth-order valence-electron chi connectivity index (χ4n) is 3.36. The molecular formula is C24H27N3O4. The van der Waals surface area contributed by atoms with Crippen LogP contribution in [0.25, 0.3) is 0 Å². The van der Waals surface area contributed by atoms with E-state index in [1.54, 1.807) is 30.1 Å². The molecule has 0 fully saturated rings. The zero-order chi connectivity index (χ0) is 22.6. The number of para-hydroxylation sites is 1. The van der Waals surface area contributed by atoms with Crippen LogP contribution in [0, 0.1) is 6.92 Å². The van der Waals surface area contributed by atoms with Crippen LogP contribution < -0.4 is 4.74 Å². The minimum absolute atomic E-state index is 0.0414. The molecule has 3 rings (SSSR count). The van der Waals surface area contributed by atoms with Crippen molar-refractivity contribution < 1.29 is 19.5 Å². The Kier molecular flexibility index (Phi) is 6.44. The number of aryl methyl sites for hydroxylation is 2. The molecule has 0 unspecified atom stereocenters. The Morgan fingerprint density at radius 3 is 2.52 bits per heavy atom. The first-order chi connectivity index (χ1) is 14.7. The largest absolute Gasteiger partial charge is 0.478 e. The van der Waals surface area contributed by atoms with Gasteiger partial charge in [0.2, 0.25) is 5.88 Å². The summed E-state index contributed by atoms with van der Waals surface area (Å²) in [7, 11) is 1.79. The van der Waals surface area contributed by atoms with Gasteiger partial charge in [0.05, 0.1) is 23.0 Å². The number of hydrogen-bond donors (Lipinski definition) is 1. The Morgan fingerprint density at radius 1 is 1.16 bits per heavy atom. The molecule has 162 valence electrons. The maximum Gasteiger partial charge on any atom is 0.336 e. The lowest BCUT2D eigenvalue weighted by Gasteiger charge is -2.23. The van der Waals surface area contributed by atoms with Crippen molar-refractivity contribution >= 4 is 12.2 Å². The average molecular weight is 421 g/mol. The van der Waals surface area contributed by atoms with Crippen LogP contribution in [-0.2, 0) is 23.9 Å². The standard InChI is InChI=1S/C24H27N3O4/c1-16-19(22(27(5)26-16)31-17-10-7-6-8-11-17)14-25-30-15-20-18(23(28)29)12-9-13-21(20)24(2,3)4/h6-14H,15H2,1-5H3,(H,28,29). The summed E-state index contributed by atoms with van der Waals surface area (Å²) in [4.78, 5) is 17.2. The monoisotopic (exact) mass is 421 g/mol. The van der Waals surface area contributed by atoms with Crippen LogP contribution in [-0.4, -0.2) is 27.1 Å². The van der Waals surface area contributed by atoms with Gasteiger partial charge in [-0.25, -0.2) is 9.48 Å². The van der Waals surface area contributed by atoms with Gasteiger partial charge < -0.3 is 14.7 Å². The second kappa shape index (κ2) is 9.04. The van der Waals surface area contributed by atoms with Crippen LogP contribution in [0.3, 0.4) is 0 Å². The van der Waals surface area contributed by atoms with Crippen molar-refractivity contribution in [3.8, 4) is 11.6 Å². The van der Waals surface area contributed by atoms with Crippen molar-refractivity contribution in [2.24, 2.45) is 12.2 Å². The SMILES string of the molecule is Cc1nn(C)c(Oc2ccccc2)c1C=NOCc1c(C(=O)O)cccc1C(C)(C)C. The fraction of sp³-hybridized carbons (Fsp3) is 0.292. The number of rotatable bonds is 7. The lowest BCUT2D eigenvalue weighted by molar-refractivity contribution is 0.0688. The molecule has 3 aromatic rings. The van der Waals surface area contributed by atoms with Crippen molar-refractivity contribution in [3.05, 3.63) is 76.5 Å². The summed E-state index contributed by atoms with van der Waals surface area (Å²) in [6.45, 7) is 8.00. The number of benzene rings is 2. The van der Waals surface area contributed by atoms with Crippen LogP contribution in [0.1, 0.15) is 53.5 Å². The number of oxime groups is 1. The first-order valence-corrected chi connectivity index (χ1v) is 9.96. The van der Waals surface area contributed by atoms with Crippen molar-refractivity contribution in [1.82, 2.24) is 9.78 Å². The lowest BCUT2D eigenvalue weighted by Crippen LogP contribution is -2.17. The Hall–Kier alpha value is -3.61. The van der Waals surface area contributed by atoms with E-state index in [0.717, 1.165) is 11.3 Å². The molecule has 0 aliphatic rings. The van der Waals surface area contributed by atoms with Crippen molar-refractivity contribution in [2.45, 2.75) is 39.7 Å². The predicted octanol–water partition coefficient (Wildman–Crippen LogP) is 5.07. The van der Waals surface area contributed by atoms with Crippen LogP contribution in [0.4, 0.5) is 0 Å². The minimum Gasteiger partial charge on any atom is -0.478 e. The number of carboxylic acid groups (broad SMARTS) is 1. The Balaban J connectivity index is 1.82. The fourth-order valence-corrected chi connectivity index (χ4v) is 3.36. The smallest absolute Gasteiger partial charge is 0.336 e. The highest BCUT2D eigenvalue weighted by molar-refractivity contribution is 5.90. The molecule has 0 atom stereocenters. The van der Waals surface area contributed by atoms with Gasteiger partial charge in [0.1, 0.15) is 12.4 Å². The van der Waals surface area contributed by atoms with Gasteiger partial charge in [0, 0.05) is 12.6 Å². The van der Waals surface area contributed by atoms with Gasteiger partial charge in [-0.05, 0) is 36.1 Å². The highest BCUT2D eigenvalue weighted by Crippen LogP contribution is 2.29. The molecule has 0 saturated heterocycles. The lowest BCUT2D eigenvalue weighted by atomic mass is 9.82. The molecule has 0 aliphatic heterocycles. The third-order valence-electron chi connectivity index (χ3n) is 4.85. The molecule has 7 heteroatoms. The number of carboxylic acids is 1. The molecule has 0 radical (unpaired) electrons. The van der Waals surface area contributed by atoms with E-state index in [4.69, 9.17) is 9.57 Å². The number of ether oxygens (including phenoxy) is 1. The zero-order valence-corrected chi connectivity index (χ0v) is 18.4. The summed E-state index contributed by atoms with van der Waals surface area (Å²) in [6.07, 6.45) is 1.54.